The highest BCUT2D eigenvalue weighted by molar-refractivity contribution is 6.12. The molecule has 0 saturated carbocycles. The first-order valence-corrected chi connectivity index (χ1v) is 15.8. The molecule has 0 spiro atoms. The maximum atomic E-state index is 6.16. The Labute approximate surface area is 267 Å². The molecule has 4 heteroatoms. The number of rotatable bonds is 6. The number of hydrogen-bond donors (Lipinski definition) is 2. The van der Waals surface area contributed by atoms with Crippen molar-refractivity contribution in [3.05, 3.63) is 157 Å². The van der Waals surface area contributed by atoms with Crippen molar-refractivity contribution in [3.63, 3.8) is 0 Å². The minimum Gasteiger partial charge on any atom is -0.456 e. The summed E-state index contributed by atoms with van der Waals surface area (Å²) in [6.45, 7) is 0. The summed E-state index contributed by atoms with van der Waals surface area (Å²) < 4.78 is 8.57. The smallest absolute Gasteiger partial charge is 0.137 e. The third-order valence-electron chi connectivity index (χ3n) is 9.06. The Morgan fingerprint density at radius 1 is 0.565 bits per heavy atom. The van der Waals surface area contributed by atoms with E-state index in [1.807, 2.05) is 30.3 Å². The molecule has 2 N–H and O–H groups in total. The lowest BCUT2D eigenvalue weighted by Gasteiger charge is -2.17. The topological polar surface area (TPSA) is 42.1 Å². The van der Waals surface area contributed by atoms with E-state index in [1.54, 1.807) is 0 Å². The molecule has 0 fully saturated rings. The number of hydrogen-bond acceptors (Lipinski definition) is 3. The van der Waals surface area contributed by atoms with Crippen LogP contribution in [0.5, 0.6) is 0 Å². The average Bonchev–Trinajstić information content (AvgIpc) is 3.66. The molecular formula is C42H31N3O. The minimum atomic E-state index is 0.868. The van der Waals surface area contributed by atoms with Gasteiger partial charge in [0.1, 0.15) is 11.2 Å². The van der Waals surface area contributed by atoms with E-state index >= 15 is 0 Å². The number of allylic oxidation sites excluding steroid dienone is 1. The Balaban J connectivity index is 1.11. The summed E-state index contributed by atoms with van der Waals surface area (Å²) in [6, 6.07) is 49.0. The van der Waals surface area contributed by atoms with Gasteiger partial charge in [0.05, 0.1) is 28.0 Å². The largest absolute Gasteiger partial charge is 0.456 e. The zero-order chi connectivity index (χ0) is 30.5. The summed E-state index contributed by atoms with van der Waals surface area (Å²) >= 11 is 0. The summed E-state index contributed by atoms with van der Waals surface area (Å²) in [6.07, 6.45) is 6.75. The number of anilines is 4. The van der Waals surface area contributed by atoms with Gasteiger partial charge >= 0.3 is 0 Å². The summed E-state index contributed by atoms with van der Waals surface area (Å²) in [5.74, 6) is 0. The molecule has 0 amide bonds. The van der Waals surface area contributed by atoms with Gasteiger partial charge in [0, 0.05) is 27.8 Å². The van der Waals surface area contributed by atoms with Crippen molar-refractivity contribution < 1.29 is 4.42 Å². The molecule has 6 aromatic carbocycles. The molecule has 2 aromatic heterocycles. The number of furan rings is 1. The molecule has 9 rings (SSSR count). The van der Waals surface area contributed by atoms with Gasteiger partial charge in [-0.1, -0.05) is 84.9 Å². The molecule has 8 aromatic rings. The van der Waals surface area contributed by atoms with E-state index in [0.29, 0.717) is 0 Å². The van der Waals surface area contributed by atoms with E-state index in [9.17, 15) is 0 Å². The first-order valence-electron chi connectivity index (χ1n) is 15.8. The molecule has 0 bridgehead atoms. The summed E-state index contributed by atoms with van der Waals surface area (Å²) in [5.41, 5.74) is 13.3. The van der Waals surface area contributed by atoms with Crippen molar-refractivity contribution in [1.29, 1.82) is 0 Å². The Morgan fingerprint density at radius 3 is 2.22 bits per heavy atom. The maximum Gasteiger partial charge on any atom is 0.137 e. The molecule has 0 radical (unpaired) electrons. The molecule has 1 aliphatic carbocycles. The van der Waals surface area contributed by atoms with Crippen LogP contribution in [0.3, 0.4) is 0 Å². The van der Waals surface area contributed by atoms with Crippen LogP contribution in [0.2, 0.25) is 0 Å². The van der Waals surface area contributed by atoms with Crippen molar-refractivity contribution in [2.24, 2.45) is 0 Å². The Morgan fingerprint density at radius 2 is 1.33 bits per heavy atom. The molecule has 0 saturated heterocycles. The van der Waals surface area contributed by atoms with Gasteiger partial charge in [-0.2, -0.15) is 0 Å². The second-order valence-electron chi connectivity index (χ2n) is 11.9. The van der Waals surface area contributed by atoms with Crippen molar-refractivity contribution in [2.45, 2.75) is 12.8 Å². The summed E-state index contributed by atoms with van der Waals surface area (Å²) in [5, 5.41) is 10.9. The van der Waals surface area contributed by atoms with Crippen LogP contribution >= 0.6 is 0 Å². The number of nitrogens with zero attached hydrogens (tertiary/aromatic N) is 1. The lowest BCUT2D eigenvalue weighted by molar-refractivity contribution is 0.669. The highest BCUT2D eigenvalue weighted by Crippen LogP contribution is 2.39. The molecular weight excluding hydrogens is 562 g/mol. The van der Waals surface area contributed by atoms with Crippen molar-refractivity contribution in [3.8, 4) is 16.8 Å². The van der Waals surface area contributed by atoms with E-state index in [1.165, 1.54) is 27.8 Å². The number of para-hydroxylation sites is 3. The molecule has 0 atom stereocenters. The lowest BCUT2D eigenvalue weighted by atomic mass is 10.0. The van der Waals surface area contributed by atoms with Gasteiger partial charge < -0.3 is 19.6 Å². The highest BCUT2D eigenvalue weighted by atomic mass is 16.3. The predicted octanol–water partition coefficient (Wildman–Crippen LogP) is 11.6. The fourth-order valence-electron chi connectivity index (χ4n) is 6.91. The van der Waals surface area contributed by atoms with Gasteiger partial charge in [-0.3, -0.25) is 0 Å². The van der Waals surface area contributed by atoms with Crippen LogP contribution in [-0.2, 0) is 6.42 Å². The zero-order valence-electron chi connectivity index (χ0n) is 25.2. The summed E-state index contributed by atoms with van der Waals surface area (Å²) in [7, 11) is 0. The van der Waals surface area contributed by atoms with Crippen molar-refractivity contribution >= 4 is 61.7 Å². The number of aromatic nitrogens is 1. The average molecular weight is 594 g/mol. The second-order valence-corrected chi connectivity index (χ2v) is 11.9. The van der Waals surface area contributed by atoms with Crippen molar-refractivity contribution in [1.82, 2.24) is 4.57 Å². The molecule has 4 nitrogen and oxygen atoms in total. The highest BCUT2D eigenvalue weighted by Gasteiger charge is 2.18. The quantitative estimate of drug-likeness (QED) is 0.201. The number of fused-ring (bicyclic) bond motifs is 6. The van der Waals surface area contributed by atoms with E-state index in [4.69, 9.17) is 4.42 Å². The maximum absolute atomic E-state index is 6.16. The lowest BCUT2D eigenvalue weighted by Crippen LogP contribution is -2.00. The van der Waals surface area contributed by atoms with E-state index < -0.39 is 0 Å². The first kappa shape index (κ1) is 26.4. The Hall–Kier alpha value is -6.00. The van der Waals surface area contributed by atoms with Crippen LogP contribution in [-0.4, -0.2) is 4.57 Å². The van der Waals surface area contributed by atoms with Crippen LogP contribution in [0.25, 0.3) is 55.7 Å². The fraction of sp³-hybridized carbons (Fsp3) is 0.0476. The van der Waals surface area contributed by atoms with Crippen LogP contribution in [0.4, 0.5) is 22.7 Å². The van der Waals surface area contributed by atoms with Gasteiger partial charge in [-0.25, -0.2) is 0 Å². The van der Waals surface area contributed by atoms with Crippen LogP contribution in [0.1, 0.15) is 17.7 Å². The molecule has 220 valence electrons. The van der Waals surface area contributed by atoms with Crippen LogP contribution in [0, 0.1) is 0 Å². The standard InChI is InChI=1S/C42H31N3O/c1-2-11-30(12-3-1)43-37-27-29(23-26-35(37)44-36-16-10-20-41-42(36)34-15-6-9-19-40(34)46-41)28-21-24-31(25-22-28)45-38-17-7-4-13-32(38)33-14-5-8-18-39(33)45/h1-4,6-13,15-27,43-44H,5,14H2. The monoisotopic (exact) mass is 593 g/mol. The SMILES string of the molecule is C1=Cc2c(c3ccccc3n2-c2ccc(-c3ccc(Nc4cccc5oc6ccccc6c45)c(Nc4ccccc4)c3)cc2)CC1. The third-order valence-corrected chi connectivity index (χ3v) is 9.06. The molecule has 1 aliphatic rings. The molecule has 46 heavy (non-hydrogen) atoms. The van der Waals surface area contributed by atoms with Gasteiger partial charge in [0.25, 0.3) is 0 Å². The van der Waals surface area contributed by atoms with Gasteiger partial charge in [0.15, 0.2) is 0 Å². The Kier molecular flexibility index (Phi) is 6.24. The van der Waals surface area contributed by atoms with Crippen LogP contribution < -0.4 is 10.6 Å². The minimum absolute atomic E-state index is 0.868. The fourth-order valence-corrected chi connectivity index (χ4v) is 6.91. The normalized spacial score (nSPS) is 12.5. The van der Waals surface area contributed by atoms with Gasteiger partial charge in [0.2, 0.25) is 0 Å². The number of aryl methyl sites for hydroxylation is 1. The summed E-state index contributed by atoms with van der Waals surface area (Å²) in [4.78, 5) is 0. The van der Waals surface area contributed by atoms with E-state index in [0.717, 1.165) is 68.7 Å². The van der Waals surface area contributed by atoms with E-state index in [2.05, 4.69) is 137 Å². The third kappa shape index (κ3) is 4.46. The van der Waals surface area contributed by atoms with Crippen LogP contribution in [0.15, 0.2) is 150 Å². The number of nitrogens with one attached hydrogen (secondary N) is 2. The molecule has 2 heterocycles. The number of benzene rings is 6. The van der Waals surface area contributed by atoms with Gasteiger partial charge in [-0.05, 0) is 96.3 Å². The Bertz CT molecular complexity index is 2410. The second kappa shape index (κ2) is 10.9. The molecule has 0 aliphatic heterocycles. The first-order chi connectivity index (χ1) is 22.8. The molecule has 0 unspecified atom stereocenters. The van der Waals surface area contributed by atoms with Gasteiger partial charge in [-0.15, -0.1) is 0 Å². The van der Waals surface area contributed by atoms with E-state index in [-0.39, 0.29) is 0 Å². The van der Waals surface area contributed by atoms with Crippen molar-refractivity contribution in [2.75, 3.05) is 10.6 Å². The predicted molar refractivity (Wildman–Crippen MR) is 193 cm³/mol. The zero-order valence-corrected chi connectivity index (χ0v) is 25.2.